The fraction of sp³-hybridized carbons (Fsp3) is 0.654. The maximum absolute atomic E-state index is 14.2. The van der Waals surface area contributed by atoms with Crippen LogP contribution in [0, 0.1) is 23.1 Å². The van der Waals surface area contributed by atoms with Crippen LogP contribution in [0.3, 0.4) is 0 Å². The molecule has 0 N–H and O–H groups in total. The molecule has 3 atom stereocenters. The molecule has 2 unspecified atom stereocenters. The van der Waals surface area contributed by atoms with Gasteiger partial charge in [-0.2, -0.15) is 18.3 Å². The third kappa shape index (κ3) is 4.14. The Morgan fingerprint density at radius 1 is 1.05 bits per heavy atom. The van der Waals surface area contributed by atoms with Gasteiger partial charge in [0.15, 0.2) is 17.4 Å². The Morgan fingerprint density at radius 3 is 2.38 bits per heavy atom. The standard InChI is InChI=1S/C26H29F4N5O2/c27-21-7-18(26(28,29)30)3-4-22(21)37-20-5-16-10-33(11-17(16)6-20)24(36)34-12-25(13-34)8-19(9-25)35-14-31-23(32-35)15-1-2-15/h3-4,7,14-17,19-20H,1-2,5-6,8-13H2/t16-,17?,20?/m0/s1. The second-order valence-corrected chi connectivity index (χ2v) is 11.8. The van der Waals surface area contributed by atoms with Crippen molar-refractivity contribution in [1.29, 1.82) is 0 Å². The number of hydrogen-bond acceptors (Lipinski definition) is 4. The van der Waals surface area contributed by atoms with Crippen LogP contribution in [0.2, 0.25) is 0 Å². The molecule has 5 aliphatic rings. The molecule has 2 saturated heterocycles. The first-order chi connectivity index (χ1) is 17.7. The number of nitrogens with zero attached hydrogens (tertiary/aromatic N) is 5. The summed E-state index contributed by atoms with van der Waals surface area (Å²) >= 11 is 0. The molecule has 1 aromatic carbocycles. The van der Waals surface area contributed by atoms with E-state index in [0.29, 0.717) is 44.0 Å². The average Bonchev–Trinajstić information content (AvgIpc) is 3.20. The van der Waals surface area contributed by atoms with Crippen LogP contribution in [0.15, 0.2) is 24.5 Å². The van der Waals surface area contributed by atoms with Gasteiger partial charge in [-0.1, -0.05) is 0 Å². The van der Waals surface area contributed by atoms with E-state index in [1.54, 1.807) is 0 Å². The molecule has 1 aromatic heterocycles. The molecule has 37 heavy (non-hydrogen) atoms. The van der Waals surface area contributed by atoms with Gasteiger partial charge in [0.2, 0.25) is 0 Å². The van der Waals surface area contributed by atoms with E-state index in [2.05, 4.69) is 10.1 Å². The van der Waals surface area contributed by atoms with Gasteiger partial charge in [-0.05, 0) is 68.6 Å². The van der Waals surface area contributed by atoms with Crippen molar-refractivity contribution >= 4 is 6.03 Å². The van der Waals surface area contributed by atoms with E-state index >= 15 is 0 Å². The molecular formula is C26H29F4N5O2. The lowest BCUT2D eigenvalue weighted by Crippen LogP contribution is -2.65. The average molecular weight is 520 g/mol. The summed E-state index contributed by atoms with van der Waals surface area (Å²) in [6.45, 7) is 2.87. The predicted octanol–water partition coefficient (Wildman–Crippen LogP) is 4.86. The molecule has 11 heteroatoms. The maximum Gasteiger partial charge on any atom is 0.416 e. The molecule has 198 valence electrons. The van der Waals surface area contributed by atoms with Crippen LogP contribution >= 0.6 is 0 Å². The van der Waals surface area contributed by atoms with Crippen LogP contribution in [0.25, 0.3) is 0 Å². The highest BCUT2D eigenvalue weighted by Crippen LogP contribution is 2.54. The number of likely N-dealkylation sites (tertiary alicyclic amines) is 2. The van der Waals surface area contributed by atoms with Crippen molar-refractivity contribution in [3.8, 4) is 5.75 Å². The lowest BCUT2D eigenvalue weighted by atomic mass is 9.61. The third-order valence-corrected chi connectivity index (χ3v) is 9.03. The van der Waals surface area contributed by atoms with Crippen molar-refractivity contribution in [2.45, 2.75) is 62.8 Å². The van der Waals surface area contributed by atoms with Crippen molar-refractivity contribution in [2.75, 3.05) is 26.2 Å². The Kier molecular flexibility index (Phi) is 5.08. The van der Waals surface area contributed by atoms with Crippen LogP contribution in [-0.2, 0) is 6.18 Å². The first-order valence-electron chi connectivity index (χ1n) is 13.1. The molecule has 3 saturated carbocycles. The topological polar surface area (TPSA) is 63.5 Å². The van der Waals surface area contributed by atoms with Gasteiger partial charge in [-0.3, -0.25) is 0 Å². The van der Waals surface area contributed by atoms with Gasteiger partial charge < -0.3 is 14.5 Å². The van der Waals surface area contributed by atoms with E-state index in [0.717, 1.165) is 43.9 Å². The Labute approximate surface area is 211 Å². The summed E-state index contributed by atoms with van der Waals surface area (Å²) in [4.78, 5) is 21.4. The number of aromatic nitrogens is 3. The van der Waals surface area contributed by atoms with E-state index in [4.69, 9.17) is 4.74 Å². The molecule has 7 rings (SSSR count). The molecule has 2 amide bonds. The summed E-state index contributed by atoms with van der Waals surface area (Å²) in [5.74, 6) is 0.916. The molecule has 0 bridgehead atoms. The summed E-state index contributed by atoms with van der Waals surface area (Å²) in [5, 5.41) is 4.66. The van der Waals surface area contributed by atoms with Gasteiger partial charge >= 0.3 is 12.2 Å². The number of amides is 2. The fourth-order valence-corrected chi connectivity index (χ4v) is 6.93. The number of alkyl halides is 3. The van der Waals surface area contributed by atoms with E-state index in [1.165, 1.54) is 12.8 Å². The Bertz CT molecular complexity index is 1200. The van der Waals surface area contributed by atoms with Gasteiger partial charge in [0.25, 0.3) is 0 Å². The SMILES string of the molecule is O=C(N1CC2CC(Oc3ccc(C(F)(F)F)cc3F)C[C@H]2C1)N1CC2(CC(n3cnc(C4CC4)n3)C2)C1. The fourth-order valence-electron chi connectivity index (χ4n) is 6.93. The molecular weight excluding hydrogens is 490 g/mol. The van der Waals surface area contributed by atoms with Crippen LogP contribution < -0.4 is 4.74 Å². The Morgan fingerprint density at radius 2 is 1.76 bits per heavy atom. The normalized spacial score (nSPS) is 28.8. The van der Waals surface area contributed by atoms with Crippen molar-refractivity contribution in [2.24, 2.45) is 17.3 Å². The maximum atomic E-state index is 14.2. The zero-order chi connectivity index (χ0) is 25.5. The molecule has 1 spiro atoms. The number of carbonyl (C=O) groups excluding carboxylic acids is 1. The first-order valence-corrected chi connectivity index (χ1v) is 13.1. The lowest BCUT2D eigenvalue weighted by Gasteiger charge is -2.59. The van der Waals surface area contributed by atoms with E-state index < -0.39 is 17.6 Å². The summed E-state index contributed by atoms with van der Waals surface area (Å²) in [6, 6.07) is 2.85. The minimum Gasteiger partial charge on any atom is -0.487 e. The highest BCUT2D eigenvalue weighted by atomic mass is 19.4. The first kappa shape index (κ1) is 23.3. The summed E-state index contributed by atoms with van der Waals surface area (Å²) in [6.07, 6.45) is 2.81. The zero-order valence-electron chi connectivity index (χ0n) is 20.3. The molecule has 3 heterocycles. The van der Waals surface area contributed by atoms with Crippen LogP contribution in [0.1, 0.15) is 61.9 Å². The highest BCUT2D eigenvalue weighted by Gasteiger charge is 2.56. The summed E-state index contributed by atoms with van der Waals surface area (Å²) < 4.78 is 60.3. The van der Waals surface area contributed by atoms with Crippen LogP contribution in [0.5, 0.6) is 5.75 Å². The van der Waals surface area contributed by atoms with Gasteiger partial charge in [-0.25, -0.2) is 18.9 Å². The number of carbonyl (C=O) groups is 1. The molecule has 0 radical (unpaired) electrons. The number of hydrogen-bond donors (Lipinski definition) is 0. The molecule has 5 fully saturated rings. The van der Waals surface area contributed by atoms with Crippen LogP contribution in [0.4, 0.5) is 22.4 Å². The van der Waals surface area contributed by atoms with Crippen molar-refractivity contribution < 1.29 is 27.1 Å². The molecule has 7 nitrogen and oxygen atoms in total. The molecule has 3 aliphatic carbocycles. The molecule has 2 aliphatic heterocycles. The number of urea groups is 1. The second kappa shape index (κ2) is 8.07. The van der Waals surface area contributed by atoms with Crippen molar-refractivity contribution in [3.63, 3.8) is 0 Å². The summed E-state index contributed by atoms with van der Waals surface area (Å²) in [7, 11) is 0. The second-order valence-electron chi connectivity index (χ2n) is 11.8. The number of halogens is 4. The Balaban J connectivity index is 0.878. The van der Waals surface area contributed by atoms with E-state index in [-0.39, 0.29) is 35.1 Å². The third-order valence-electron chi connectivity index (χ3n) is 9.03. The number of ether oxygens (including phenoxy) is 1. The van der Waals surface area contributed by atoms with E-state index in [1.807, 2.05) is 20.8 Å². The monoisotopic (exact) mass is 519 g/mol. The van der Waals surface area contributed by atoms with Gasteiger partial charge in [-0.15, -0.1) is 0 Å². The minimum atomic E-state index is -4.59. The van der Waals surface area contributed by atoms with Crippen molar-refractivity contribution in [1.82, 2.24) is 24.6 Å². The lowest BCUT2D eigenvalue weighted by molar-refractivity contribution is -0.137. The minimum absolute atomic E-state index is 0.0894. The Hall–Kier alpha value is -2.85. The quantitative estimate of drug-likeness (QED) is 0.542. The van der Waals surface area contributed by atoms with E-state index in [9.17, 15) is 22.4 Å². The van der Waals surface area contributed by atoms with Crippen molar-refractivity contribution in [3.05, 3.63) is 41.7 Å². The number of fused-ring (bicyclic) bond motifs is 1. The zero-order valence-corrected chi connectivity index (χ0v) is 20.3. The summed E-state index contributed by atoms with van der Waals surface area (Å²) in [5.41, 5.74) is -0.812. The van der Waals surface area contributed by atoms with Gasteiger partial charge in [0, 0.05) is 37.5 Å². The number of benzene rings is 1. The highest BCUT2D eigenvalue weighted by molar-refractivity contribution is 5.76. The smallest absolute Gasteiger partial charge is 0.416 e. The van der Waals surface area contributed by atoms with Gasteiger partial charge in [0.05, 0.1) is 17.7 Å². The largest absolute Gasteiger partial charge is 0.487 e. The molecule has 2 aromatic rings. The number of rotatable bonds is 4. The van der Waals surface area contributed by atoms with Gasteiger partial charge in [0.1, 0.15) is 6.33 Å². The predicted molar refractivity (Wildman–Crippen MR) is 123 cm³/mol. The van der Waals surface area contributed by atoms with Crippen LogP contribution in [-0.4, -0.2) is 62.9 Å².